The van der Waals surface area contributed by atoms with E-state index in [1.165, 1.54) is 16.7 Å². The normalized spacial score (nSPS) is 18.5. The van der Waals surface area contributed by atoms with Crippen molar-refractivity contribution in [3.63, 3.8) is 0 Å². The molecule has 200 valence electrons. The number of hydrogen-bond donors (Lipinski definition) is 0. The Kier molecular flexibility index (Phi) is 8.09. The molecule has 1 amide bonds. The zero-order valence-electron chi connectivity index (χ0n) is 22.5. The highest BCUT2D eigenvalue weighted by Gasteiger charge is 2.36. The van der Waals surface area contributed by atoms with E-state index in [1.807, 2.05) is 37.9 Å². The number of rotatable bonds is 6. The second-order valence-electron chi connectivity index (χ2n) is 11.2. The van der Waals surface area contributed by atoms with Crippen molar-refractivity contribution in [1.82, 2.24) is 9.88 Å². The molecular formula is C29H38N2O5S. The van der Waals surface area contributed by atoms with Gasteiger partial charge in [0.1, 0.15) is 5.60 Å². The third-order valence-corrected chi connectivity index (χ3v) is 7.53. The number of hydrogen-bond acceptors (Lipinski definition) is 6. The minimum absolute atomic E-state index is 0.105. The molecular weight excluding hydrogens is 488 g/mol. The average molecular weight is 527 g/mol. The standard InChI is InChI=1S/C29H38N2O5S/c1-20-10-11-24-23(18-20)19-22(8-7-17-35-37(5,33)34)25-9-6-14-30-27(25)26(24)21-12-15-31(16-13-21)28(32)36-29(2,3)4/h6,9-11,14,18-19,21,26H,7-8,12-13,15-17H2,1-5H3. The predicted molar refractivity (Wildman–Crippen MR) is 146 cm³/mol. The van der Waals surface area contributed by atoms with Gasteiger partial charge in [-0.2, -0.15) is 8.42 Å². The minimum atomic E-state index is -3.46. The van der Waals surface area contributed by atoms with Crippen LogP contribution in [-0.4, -0.2) is 55.9 Å². The van der Waals surface area contributed by atoms with Gasteiger partial charge in [-0.1, -0.05) is 35.9 Å². The van der Waals surface area contributed by atoms with Gasteiger partial charge in [-0.25, -0.2) is 4.79 Å². The van der Waals surface area contributed by atoms with Gasteiger partial charge in [-0.15, -0.1) is 0 Å². The van der Waals surface area contributed by atoms with E-state index in [4.69, 9.17) is 13.9 Å². The van der Waals surface area contributed by atoms with Crippen molar-refractivity contribution in [3.8, 4) is 0 Å². The van der Waals surface area contributed by atoms with Crippen LogP contribution in [0.5, 0.6) is 0 Å². The van der Waals surface area contributed by atoms with Crippen LogP contribution in [0.3, 0.4) is 0 Å². The van der Waals surface area contributed by atoms with E-state index in [2.05, 4.69) is 37.3 Å². The van der Waals surface area contributed by atoms with Gasteiger partial charge in [0.15, 0.2) is 0 Å². The van der Waals surface area contributed by atoms with Crippen molar-refractivity contribution in [2.75, 3.05) is 26.0 Å². The lowest BCUT2D eigenvalue weighted by atomic mass is 9.76. The molecule has 1 aromatic heterocycles. The van der Waals surface area contributed by atoms with Gasteiger partial charge in [-0.3, -0.25) is 9.17 Å². The Morgan fingerprint density at radius 3 is 2.57 bits per heavy atom. The number of fused-ring (bicyclic) bond motifs is 2. The van der Waals surface area contributed by atoms with Crippen molar-refractivity contribution in [1.29, 1.82) is 0 Å². The maximum absolute atomic E-state index is 12.7. The fraction of sp³-hybridized carbons (Fsp3) is 0.517. The Morgan fingerprint density at radius 2 is 1.89 bits per heavy atom. The summed E-state index contributed by atoms with van der Waals surface area (Å²) >= 11 is 0. The monoisotopic (exact) mass is 526 g/mol. The van der Waals surface area contributed by atoms with Gasteiger partial charge in [-0.05, 0) is 87.6 Å². The summed E-state index contributed by atoms with van der Waals surface area (Å²) < 4.78 is 33.4. The molecule has 1 atom stereocenters. The van der Waals surface area contributed by atoms with E-state index in [1.54, 1.807) is 0 Å². The zero-order chi connectivity index (χ0) is 26.8. The molecule has 0 spiro atoms. The number of ether oxygens (including phenoxy) is 1. The molecule has 37 heavy (non-hydrogen) atoms. The van der Waals surface area contributed by atoms with Gasteiger partial charge in [0.25, 0.3) is 10.1 Å². The smallest absolute Gasteiger partial charge is 0.410 e. The second kappa shape index (κ2) is 11.0. The highest BCUT2D eigenvalue weighted by molar-refractivity contribution is 7.85. The summed E-state index contributed by atoms with van der Waals surface area (Å²) in [4.78, 5) is 19.4. The molecule has 1 aliphatic carbocycles. The number of aryl methyl sites for hydroxylation is 1. The zero-order valence-corrected chi connectivity index (χ0v) is 23.3. The molecule has 1 saturated heterocycles. The van der Waals surface area contributed by atoms with Gasteiger partial charge < -0.3 is 9.64 Å². The van der Waals surface area contributed by atoms with E-state index >= 15 is 0 Å². The highest BCUT2D eigenvalue weighted by Crippen LogP contribution is 2.45. The first-order valence-corrected chi connectivity index (χ1v) is 14.8. The maximum atomic E-state index is 12.7. The van der Waals surface area contributed by atoms with Crippen LogP contribution < -0.4 is 0 Å². The molecule has 1 aromatic carbocycles. The molecule has 2 heterocycles. The van der Waals surface area contributed by atoms with Crippen molar-refractivity contribution in [3.05, 3.63) is 64.5 Å². The van der Waals surface area contributed by atoms with Crippen LogP contribution >= 0.6 is 0 Å². The lowest BCUT2D eigenvalue weighted by molar-refractivity contribution is 0.0178. The number of nitrogens with zero attached hydrogens (tertiary/aromatic N) is 2. The van der Waals surface area contributed by atoms with Crippen molar-refractivity contribution in [2.45, 2.75) is 64.9 Å². The number of allylic oxidation sites excluding steroid dienone is 1. The number of likely N-dealkylation sites (tertiary alicyclic amines) is 1. The minimum Gasteiger partial charge on any atom is -0.444 e. The first-order valence-electron chi connectivity index (χ1n) is 13.0. The molecule has 1 unspecified atom stereocenters. The van der Waals surface area contributed by atoms with Gasteiger partial charge in [0.05, 0.1) is 18.6 Å². The first kappa shape index (κ1) is 27.3. The van der Waals surface area contributed by atoms with Crippen molar-refractivity contribution >= 4 is 27.9 Å². The number of benzene rings is 1. The van der Waals surface area contributed by atoms with Gasteiger partial charge >= 0.3 is 6.09 Å². The number of amides is 1. The van der Waals surface area contributed by atoms with Gasteiger partial charge in [0.2, 0.25) is 0 Å². The van der Waals surface area contributed by atoms with Crippen molar-refractivity contribution < 1.29 is 22.1 Å². The molecule has 8 heteroatoms. The first-order chi connectivity index (χ1) is 17.4. The molecule has 2 aliphatic rings. The Hall–Kier alpha value is -2.71. The van der Waals surface area contributed by atoms with E-state index in [9.17, 15) is 13.2 Å². The van der Waals surface area contributed by atoms with Crippen LogP contribution in [0.2, 0.25) is 0 Å². The molecule has 0 bridgehead atoms. The summed E-state index contributed by atoms with van der Waals surface area (Å²) in [6.07, 6.45) is 7.93. The summed E-state index contributed by atoms with van der Waals surface area (Å²) in [5.41, 5.74) is 6.41. The highest BCUT2D eigenvalue weighted by atomic mass is 32.2. The molecule has 0 radical (unpaired) electrons. The van der Waals surface area contributed by atoms with Crippen LogP contribution in [0, 0.1) is 12.8 Å². The molecule has 2 aromatic rings. The van der Waals surface area contributed by atoms with Crippen LogP contribution in [0.25, 0.3) is 11.6 Å². The molecule has 1 fully saturated rings. The summed E-state index contributed by atoms with van der Waals surface area (Å²) in [6.45, 7) is 9.23. The summed E-state index contributed by atoms with van der Waals surface area (Å²) in [5.74, 6) is 0.434. The number of carbonyl (C=O) groups excluding carboxylic acids is 1. The summed E-state index contributed by atoms with van der Waals surface area (Å²) in [7, 11) is -3.46. The lowest BCUT2D eigenvalue weighted by Gasteiger charge is -2.37. The fourth-order valence-corrected chi connectivity index (χ4v) is 5.77. The molecule has 1 aliphatic heterocycles. The van der Waals surface area contributed by atoms with Crippen LogP contribution in [0.1, 0.15) is 80.3 Å². The topological polar surface area (TPSA) is 85.8 Å². The number of carbonyl (C=O) groups is 1. The molecule has 4 rings (SSSR count). The SMILES string of the molecule is Cc1ccc2c(c1)C=C(CCCOS(C)(=O)=O)c1cccnc1C2C1CCN(C(=O)OC(C)(C)C)CC1. The van der Waals surface area contributed by atoms with E-state index < -0.39 is 15.7 Å². The Bertz CT molecular complexity index is 1270. The Morgan fingerprint density at radius 1 is 1.16 bits per heavy atom. The number of pyridine rings is 1. The maximum Gasteiger partial charge on any atom is 0.410 e. The van der Waals surface area contributed by atoms with E-state index in [0.29, 0.717) is 31.8 Å². The third-order valence-electron chi connectivity index (χ3n) is 6.94. The Balaban J connectivity index is 1.62. The average Bonchev–Trinajstić information content (AvgIpc) is 2.94. The van der Waals surface area contributed by atoms with E-state index in [0.717, 1.165) is 35.9 Å². The quantitative estimate of drug-likeness (QED) is 0.350. The van der Waals surface area contributed by atoms with Crippen LogP contribution in [0.4, 0.5) is 4.79 Å². The molecule has 7 nitrogen and oxygen atoms in total. The van der Waals surface area contributed by atoms with Crippen LogP contribution in [0.15, 0.2) is 36.5 Å². The number of aromatic nitrogens is 1. The number of piperidine rings is 1. The van der Waals surface area contributed by atoms with Gasteiger partial charge in [0, 0.05) is 25.2 Å². The largest absolute Gasteiger partial charge is 0.444 e. The Labute approximate surface area is 221 Å². The lowest BCUT2D eigenvalue weighted by Crippen LogP contribution is -2.42. The second-order valence-corrected chi connectivity index (χ2v) is 12.8. The summed E-state index contributed by atoms with van der Waals surface area (Å²) in [6, 6.07) is 10.7. The molecule has 0 N–H and O–H groups in total. The molecule has 0 saturated carbocycles. The third kappa shape index (κ3) is 6.99. The van der Waals surface area contributed by atoms with E-state index in [-0.39, 0.29) is 18.6 Å². The van der Waals surface area contributed by atoms with Crippen LogP contribution in [-0.2, 0) is 19.0 Å². The fourth-order valence-electron chi connectivity index (χ4n) is 5.35. The van der Waals surface area contributed by atoms with Crippen molar-refractivity contribution in [2.24, 2.45) is 5.92 Å². The summed E-state index contributed by atoms with van der Waals surface area (Å²) in [5, 5.41) is 0. The predicted octanol–water partition coefficient (Wildman–Crippen LogP) is 5.78.